The fourth-order valence-corrected chi connectivity index (χ4v) is 2.72. The molecule has 98 valence electrons. The zero-order valence-electron chi connectivity index (χ0n) is 9.88. The van der Waals surface area contributed by atoms with Gasteiger partial charge in [0.05, 0.1) is 4.92 Å². The second-order valence-electron chi connectivity index (χ2n) is 3.89. The van der Waals surface area contributed by atoms with E-state index in [2.05, 4.69) is 0 Å². The lowest BCUT2D eigenvalue weighted by molar-refractivity contribution is -0.385. The van der Waals surface area contributed by atoms with Crippen molar-refractivity contribution in [2.45, 2.75) is 10.6 Å². The quantitative estimate of drug-likeness (QED) is 0.398. The van der Waals surface area contributed by atoms with Gasteiger partial charge < -0.3 is 5.73 Å². The summed E-state index contributed by atoms with van der Waals surface area (Å²) in [5, 5.41) is 11.3. The van der Waals surface area contributed by atoms with E-state index < -0.39 is 4.92 Å². The molecule has 2 N–H and O–H groups in total. The van der Waals surface area contributed by atoms with E-state index in [4.69, 9.17) is 17.3 Å². The average Bonchev–Trinajstić information content (AvgIpc) is 2.37. The van der Waals surface area contributed by atoms with Gasteiger partial charge in [0.2, 0.25) is 0 Å². The Hall–Kier alpha value is -1.72. The summed E-state index contributed by atoms with van der Waals surface area (Å²) in [5.74, 6) is 0.497. The fraction of sp³-hybridized carbons (Fsp3) is 0.0769. The molecule has 0 radical (unpaired) electrons. The van der Waals surface area contributed by atoms with Crippen molar-refractivity contribution in [2.75, 3.05) is 5.73 Å². The number of nitrogens with zero attached hydrogens (tertiary/aromatic N) is 1. The van der Waals surface area contributed by atoms with Crippen LogP contribution >= 0.6 is 23.4 Å². The Kier molecular flexibility index (Phi) is 4.29. The first-order chi connectivity index (χ1) is 9.06. The van der Waals surface area contributed by atoms with Crippen molar-refractivity contribution in [1.82, 2.24) is 0 Å². The third kappa shape index (κ3) is 3.62. The number of nitrogens with two attached hydrogens (primary N) is 1. The number of thioether (sulfide) groups is 1. The Morgan fingerprint density at radius 2 is 2.05 bits per heavy atom. The first kappa shape index (κ1) is 13.7. The highest BCUT2D eigenvalue weighted by Crippen LogP contribution is 2.30. The van der Waals surface area contributed by atoms with Gasteiger partial charge in [-0.05, 0) is 30.3 Å². The second-order valence-corrected chi connectivity index (χ2v) is 5.38. The van der Waals surface area contributed by atoms with Gasteiger partial charge in [0.25, 0.3) is 5.69 Å². The topological polar surface area (TPSA) is 69.2 Å². The first-order valence-electron chi connectivity index (χ1n) is 5.47. The third-order valence-corrected chi connectivity index (χ3v) is 3.77. The molecule has 0 aliphatic carbocycles. The number of nitrogen functional groups attached to an aromatic ring is 1. The van der Waals surface area contributed by atoms with Gasteiger partial charge >= 0.3 is 0 Å². The minimum atomic E-state index is -0.416. The zero-order chi connectivity index (χ0) is 13.8. The van der Waals surface area contributed by atoms with Crippen molar-refractivity contribution in [1.29, 1.82) is 0 Å². The molecule has 2 aromatic carbocycles. The fourth-order valence-electron chi connectivity index (χ4n) is 1.59. The van der Waals surface area contributed by atoms with E-state index in [1.807, 2.05) is 18.2 Å². The molecule has 0 fully saturated rings. The molecule has 0 unspecified atom stereocenters. The van der Waals surface area contributed by atoms with Gasteiger partial charge in [-0.25, -0.2) is 0 Å². The van der Waals surface area contributed by atoms with Crippen LogP contribution in [-0.2, 0) is 5.75 Å². The summed E-state index contributed by atoms with van der Waals surface area (Å²) in [6, 6.07) is 12.1. The normalized spacial score (nSPS) is 10.4. The van der Waals surface area contributed by atoms with Crippen LogP contribution in [0, 0.1) is 10.1 Å². The van der Waals surface area contributed by atoms with Gasteiger partial charge in [0.1, 0.15) is 0 Å². The Morgan fingerprint density at radius 1 is 1.26 bits per heavy atom. The first-order valence-corrected chi connectivity index (χ1v) is 6.84. The number of nitro groups is 1. The lowest BCUT2D eigenvalue weighted by Gasteiger charge is -2.04. The lowest BCUT2D eigenvalue weighted by Crippen LogP contribution is -1.94. The van der Waals surface area contributed by atoms with E-state index in [1.54, 1.807) is 18.2 Å². The molecule has 2 aromatic rings. The highest BCUT2D eigenvalue weighted by molar-refractivity contribution is 7.98. The van der Waals surface area contributed by atoms with Crippen LogP contribution in [0.15, 0.2) is 47.4 Å². The van der Waals surface area contributed by atoms with Gasteiger partial charge in [0, 0.05) is 33.0 Å². The van der Waals surface area contributed by atoms with Crippen molar-refractivity contribution in [2.24, 2.45) is 0 Å². The van der Waals surface area contributed by atoms with Crippen LogP contribution in [0.3, 0.4) is 0 Å². The van der Waals surface area contributed by atoms with E-state index in [-0.39, 0.29) is 5.69 Å². The van der Waals surface area contributed by atoms with Crippen LogP contribution in [0.25, 0.3) is 0 Å². The predicted octanol–water partition coefficient (Wildman–Crippen LogP) is 4.12. The molecule has 0 amide bonds. The number of rotatable bonds is 4. The molecule has 0 heterocycles. The number of benzene rings is 2. The molecule has 0 saturated carbocycles. The highest BCUT2D eigenvalue weighted by Gasteiger charge is 2.14. The van der Waals surface area contributed by atoms with E-state index >= 15 is 0 Å². The van der Waals surface area contributed by atoms with Gasteiger partial charge in [-0.1, -0.05) is 17.7 Å². The van der Waals surface area contributed by atoms with E-state index in [1.165, 1.54) is 17.8 Å². The molecule has 4 nitrogen and oxygen atoms in total. The summed E-state index contributed by atoms with van der Waals surface area (Å²) >= 11 is 7.27. The Labute approximate surface area is 119 Å². The summed E-state index contributed by atoms with van der Waals surface area (Å²) in [7, 11) is 0. The van der Waals surface area contributed by atoms with Crippen LogP contribution in [0.5, 0.6) is 0 Å². The maximum absolute atomic E-state index is 11.0. The van der Waals surface area contributed by atoms with Crippen LogP contribution in [0.4, 0.5) is 11.4 Å². The monoisotopic (exact) mass is 294 g/mol. The van der Waals surface area contributed by atoms with Crippen molar-refractivity contribution in [3.63, 3.8) is 0 Å². The lowest BCUT2D eigenvalue weighted by atomic mass is 10.2. The molecule has 0 aliphatic heterocycles. The minimum Gasteiger partial charge on any atom is -0.399 e. The predicted molar refractivity (Wildman–Crippen MR) is 78.5 cm³/mol. The molecule has 0 atom stereocenters. The highest BCUT2D eigenvalue weighted by atomic mass is 35.5. The molecule has 6 heteroatoms. The smallest absolute Gasteiger partial charge is 0.274 e. The molecule has 0 aromatic heterocycles. The standard InChI is InChI=1S/C13H11ClN2O2S/c14-10-5-4-9(13(6-10)16(17)18)8-19-12-3-1-2-11(15)7-12/h1-7H,8,15H2. The van der Waals surface area contributed by atoms with Gasteiger partial charge in [-0.2, -0.15) is 0 Å². The van der Waals surface area contributed by atoms with Crippen molar-refractivity contribution < 1.29 is 4.92 Å². The third-order valence-electron chi connectivity index (χ3n) is 2.50. The van der Waals surface area contributed by atoms with Crippen LogP contribution in [0.1, 0.15) is 5.56 Å². The summed E-state index contributed by atoms with van der Waals surface area (Å²) in [5.41, 5.74) is 7.05. The van der Waals surface area contributed by atoms with Gasteiger partial charge in [-0.3, -0.25) is 10.1 Å². The van der Waals surface area contributed by atoms with E-state index in [0.717, 1.165) is 4.90 Å². The van der Waals surface area contributed by atoms with Crippen LogP contribution < -0.4 is 5.73 Å². The summed E-state index contributed by atoms with van der Waals surface area (Å²) in [6.07, 6.45) is 0. The molecule has 0 aliphatic rings. The molecular formula is C13H11ClN2O2S. The Balaban J connectivity index is 2.17. The number of hydrogen-bond acceptors (Lipinski definition) is 4. The average molecular weight is 295 g/mol. The Morgan fingerprint density at radius 3 is 2.74 bits per heavy atom. The maximum Gasteiger partial charge on any atom is 0.274 e. The van der Waals surface area contributed by atoms with E-state index in [0.29, 0.717) is 22.0 Å². The molecule has 19 heavy (non-hydrogen) atoms. The molecule has 0 saturated heterocycles. The van der Waals surface area contributed by atoms with Gasteiger partial charge in [-0.15, -0.1) is 11.8 Å². The van der Waals surface area contributed by atoms with E-state index in [9.17, 15) is 10.1 Å². The van der Waals surface area contributed by atoms with Crippen molar-refractivity contribution in [3.8, 4) is 0 Å². The number of nitro benzene ring substituents is 1. The van der Waals surface area contributed by atoms with Crippen molar-refractivity contribution in [3.05, 3.63) is 63.2 Å². The Bertz CT molecular complexity index is 619. The maximum atomic E-state index is 11.0. The molecule has 2 rings (SSSR count). The number of anilines is 1. The summed E-state index contributed by atoms with van der Waals surface area (Å²) in [6.45, 7) is 0. The number of hydrogen-bond donors (Lipinski definition) is 1. The van der Waals surface area contributed by atoms with Crippen molar-refractivity contribution >= 4 is 34.7 Å². The largest absolute Gasteiger partial charge is 0.399 e. The zero-order valence-corrected chi connectivity index (χ0v) is 11.4. The van der Waals surface area contributed by atoms with Crippen LogP contribution in [-0.4, -0.2) is 4.92 Å². The minimum absolute atomic E-state index is 0.0453. The summed E-state index contributed by atoms with van der Waals surface area (Å²) in [4.78, 5) is 11.5. The molecule has 0 spiro atoms. The van der Waals surface area contributed by atoms with Crippen LogP contribution in [0.2, 0.25) is 5.02 Å². The van der Waals surface area contributed by atoms with Gasteiger partial charge in [0.15, 0.2) is 0 Å². The summed E-state index contributed by atoms with van der Waals surface area (Å²) < 4.78 is 0. The number of halogens is 1. The molecule has 0 bridgehead atoms. The SMILES string of the molecule is Nc1cccc(SCc2ccc(Cl)cc2[N+](=O)[O-])c1. The molecular weight excluding hydrogens is 284 g/mol. The second kappa shape index (κ2) is 5.95.